The van der Waals surface area contributed by atoms with Crippen LogP contribution >= 0.6 is 0 Å². The Morgan fingerprint density at radius 1 is 0.810 bits per heavy atom. The van der Waals surface area contributed by atoms with Gasteiger partial charge in [-0.2, -0.15) is 0 Å². The van der Waals surface area contributed by atoms with E-state index in [-0.39, 0.29) is 0 Å². The molecule has 0 fully saturated rings. The Balaban J connectivity index is 1.87. The third-order valence-corrected chi connectivity index (χ3v) is 2.36. The normalized spacial score (nSPS) is 10.9. The van der Waals surface area contributed by atoms with Crippen LogP contribution in [0.4, 0.5) is 0 Å². The van der Waals surface area contributed by atoms with Gasteiger partial charge in [-0.05, 0) is 36.4 Å². The first-order valence-electron chi connectivity index (χ1n) is 6.18. The van der Waals surface area contributed by atoms with E-state index in [1.807, 2.05) is 0 Å². The Kier molecular flexibility index (Phi) is 5.11. The molecule has 2 aromatic rings. The largest absolute Gasteiger partial charge is 0.387 e. The summed E-state index contributed by atoms with van der Waals surface area (Å²) in [5.74, 6) is -1.51. The predicted octanol–water partition coefficient (Wildman–Crippen LogP) is 2.27. The van der Waals surface area contributed by atoms with Crippen LogP contribution < -0.4 is 0 Å². The van der Waals surface area contributed by atoms with Gasteiger partial charge in [-0.1, -0.05) is 12.1 Å². The smallest absolute Gasteiger partial charge is 0.338 e. The zero-order valence-electron chi connectivity index (χ0n) is 11.0. The second-order valence-electron chi connectivity index (χ2n) is 3.92. The van der Waals surface area contributed by atoms with Crippen molar-refractivity contribution in [1.82, 2.24) is 9.97 Å². The van der Waals surface area contributed by atoms with E-state index < -0.39 is 11.9 Å². The van der Waals surface area contributed by atoms with Crippen LogP contribution in [0.15, 0.2) is 60.9 Å². The maximum atomic E-state index is 11.4. The van der Waals surface area contributed by atoms with Crippen LogP contribution in [-0.2, 0) is 14.3 Å². The number of rotatable bonds is 4. The molecule has 104 valence electrons. The Labute approximate surface area is 121 Å². The summed E-state index contributed by atoms with van der Waals surface area (Å²) in [5, 5.41) is 0. The summed E-state index contributed by atoms with van der Waals surface area (Å²) in [7, 11) is 0. The standard InChI is InChI=1S/C16H12N2O3/c19-15(9-7-13-5-1-3-11-17-13)21-16(20)10-8-14-6-2-4-12-18-14/h1-12H. The molecule has 0 radical (unpaired) electrons. The lowest BCUT2D eigenvalue weighted by atomic mass is 10.3. The van der Waals surface area contributed by atoms with E-state index in [4.69, 9.17) is 0 Å². The molecule has 21 heavy (non-hydrogen) atoms. The number of hydrogen-bond donors (Lipinski definition) is 0. The monoisotopic (exact) mass is 280 g/mol. The van der Waals surface area contributed by atoms with Crippen LogP contribution in [0.1, 0.15) is 11.4 Å². The van der Waals surface area contributed by atoms with E-state index in [2.05, 4.69) is 14.7 Å². The highest BCUT2D eigenvalue weighted by molar-refractivity contribution is 5.99. The molecule has 0 atom stereocenters. The first-order valence-corrected chi connectivity index (χ1v) is 6.18. The molecule has 5 nitrogen and oxygen atoms in total. The Morgan fingerprint density at radius 2 is 1.29 bits per heavy atom. The number of esters is 2. The Bertz CT molecular complexity index is 605. The lowest BCUT2D eigenvalue weighted by molar-refractivity contribution is -0.152. The van der Waals surface area contributed by atoms with E-state index >= 15 is 0 Å². The van der Waals surface area contributed by atoms with Gasteiger partial charge in [0.05, 0.1) is 11.4 Å². The van der Waals surface area contributed by atoms with Crippen molar-refractivity contribution in [3.63, 3.8) is 0 Å². The quantitative estimate of drug-likeness (QED) is 0.488. The molecule has 0 aliphatic carbocycles. The highest BCUT2D eigenvalue weighted by atomic mass is 16.6. The van der Waals surface area contributed by atoms with Crippen LogP contribution in [0.5, 0.6) is 0 Å². The molecule has 0 aromatic carbocycles. The molecule has 0 amide bonds. The molecular formula is C16H12N2O3. The number of pyridine rings is 2. The Morgan fingerprint density at radius 3 is 1.67 bits per heavy atom. The van der Waals surface area contributed by atoms with Crippen LogP contribution in [0.2, 0.25) is 0 Å². The first kappa shape index (κ1) is 14.3. The van der Waals surface area contributed by atoms with E-state index in [1.165, 1.54) is 12.2 Å². The summed E-state index contributed by atoms with van der Waals surface area (Å²) in [6.45, 7) is 0. The summed E-state index contributed by atoms with van der Waals surface area (Å²) < 4.78 is 4.59. The minimum absolute atomic E-state index is 0.603. The fourth-order valence-electron chi connectivity index (χ4n) is 1.42. The lowest BCUT2D eigenvalue weighted by Gasteiger charge is -1.95. The molecule has 0 bridgehead atoms. The van der Waals surface area contributed by atoms with Crippen molar-refractivity contribution >= 4 is 24.1 Å². The Hall–Kier alpha value is -3.08. The van der Waals surface area contributed by atoms with Crippen molar-refractivity contribution in [2.45, 2.75) is 0 Å². The third kappa shape index (κ3) is 5.20. The van der Waals surface area contributed by atoms with Crippen LogP contribution in [0.25, 0.3) is 12.2 Å². The lowest BCUT2D eigenvalue weighted by Crippen LogP contribution is -2.06. The summed E-state index contributed by atoms with van der Waals surface area (Å²) in [6.07, 6.45) is 8.44. The second-order valence-corrected chi connectivity index (χ2v) is 3.92. The van der Waals surface area contributed by atoms with Crippen LogP contribution in [0.3, 0.4) is 0 Å². The molecular weight excluding hydrogens is 268 g/mol. The van der Waals surface area contributed by atoms with Crippen molar-refractivity contribution in [3.8, 4) is 0 Å². The zero-order valence-corrected chi connectivity index (χ0v) is 11.0. The van der Waals surface area contributed by atoms with Crippen molar-refractivity contribution < 1.29 is 14.3 Å². The van der Waals surface area contributed by atoms with Gasteiger partial charge in [0.25, 0.3) is 0 Å². The molecule has 5 heteroatoms. The van der Waals surface area contributed by atoms with Gasteiger partial charge in [0, 0.05) is 24.5 Å². The van der Waals surface area contributed by atoms with Gasteiger partial charge in [0.15, 0.2) is 0 Å². The van der Waals surface area contributed by atoms with Gasteiger partial charge in [-0.3, -0.25) is 9.97 Å². The highest BCUT2D eigenvalue weighted by Gasteiger charge is 2.03. The number of carbonyl (C=O) groups excluding carboxylic acids is 2. The van der Waals surface area contributed by atoms with Crippen LogP contribution in [0, 0.1) is 0 Å². The maximum Gasteiger partial charge on any atom is 0.338 e. The highest BCUT2D eigenvalue weighted by Crippen LogP contribution is 1.99. The topological polar surface area (TPSA) is 69.2 Å². The fraction of sp³-hybridized carbons (Fsp3) is 0. The SMILES string of the molecule is O=C(C=Cc1ccccn1)OC(=O)C=Cc1ccccn1. The molecule has 0 saturated carbocycles. The number of ether oxygens (including phenoxy) is 1. The summed E-state index contributed by atoms with van der Waals surface area (Å²) in [4.78, 5) is 30.9. The summed E-state index contributed by atoms with van der Waals surface area (Å²) in [6, 6.07) is 10.6. The maximum absolute atomic E-state index is 11.4. The average Bonchev–Trinajstić information content (AvgIpc) is 2.53. The number of carbonyl (C=O) groups is 2. The van der Waals surface area contributed by atoms with Gasteiger partial charge in [-0.15, -0.1) is 0 Å². The number of nitrogens with zero attached hydrogens (tertiary/aromatic N) is 2. The predicted molar refractivity (Wildman–Crippen MR) is 77.6 cm³/mol. The van der Waals surface area contributed by atoms with Crippen LogP contribution in [-0.4, -0.2) is 21.9 Å². The summed E-state index contributed by atoms with van der Waals surface area (Å²) >= 11 is 0. The summed E-state index contributed by atoms with van der Waals surface area (Å²) in [5.41, 5.74) is 1.21. The second kappa shape index (κ2) is 7.49. The zero-order chi connectivity index (χ0) is 14.9. The molecule has 0 aliphatic rings. The number of hydrogen-bond acceptors (Lipinski definition) is 5. The average molecular weight is 280 g/mol. The van der Waals surface area contributed by atoms with Gasteiger partial charge in [0.1, 0.15) is 0 Å². The van der Waals surface area contributed by atoms with Crippen molar-refractivity contribution in [3.05, 3.63) is 72.3 Å². The molecule has 0 saturated heterocycles. The molecule has 0 N–H and O–H groups in total. The van der Waals surface area contributed by atoms with E-state index in [0.717, 1.165) is 12.2 Å². The van der Waals surface area contributed by atoms with Crippen molar-refractivity contribution in [2.75, 3.05) is 0 Å². The molecule has 0 spiro atoms. The van der Waals surface area contributed by atoms with E-state index in [9.17, 15) is 9.59 Å². The van der Waals surface area contributed by atoms with Gasteiger partial charge >= 0.3 is 11.9 Å². The minimum atomic E-state index is -0.753. The molecule has 0 aliphatic heterocycles. The molecule has 0 unspecified atom stereocenters. The number of aromatic nitrogens is 2. The van der Waals surface area contributed by atoms with Gasteiger partial charge < -0.3 is 4.74 Å². The molecule has 2 heterocycles. The molecule has 2 aromatic heterocycles. The van der Waals surface area contributed by atoms with Crippen molar-refractivity contribution in [1.29, 1.82) is 0 Å². The third-order valence-electron chi connectivity index (χ3n) is 2.36. The van der Waals surface area contributed by atoms with E-state index in [0.29, 0.717) is 11.4 Å². The van der Waals surface area contributed by atoms with E-state index in [1.54, 1.807) is 48.8 Å². The van der Waals surface area contributed by atoms with Gasteiger partial charge in [-0.25, -0.2) is 9.59 Å². The molecule has 2 rings (SSSR count). The fourth-order valence-corrected chi connectivity index (χ4v) is 1.42. The minimum Gasteiger partial charge on any atom is -0.387 e. The van der Waals surface area contributed by atoms with Crippen molar-refractivity contribution in [2.24, 2.45) is 0 Å². The first-order chi connectivity index (χ1) is 10.2. The van der Waals surface area contributed by atoms with Gasteiger partial charge in [0.2, 0.25) is 0 Å².